The number of benzene rings is 1. The van der Waals surface area contributed by atoms with Crippen LogP contribution >= 0.6 is 0 Å². The zero-order chi connectivity index (χ0) is 11.2. The molecule has 1 aromatic heterocycles. The van der Waals surface area contributed by atoms with Crippen molar-refractivity contribution in [3.05, 3.63) is 59.5 Å². The average Bonchev–Trinajstić information content (AvgIpc) is 2.72. The summed E-state index contributed by atoms with van der Waals surface area (Å²) in [6, 6.07) is 12.5. The maximum absolute atomic E-state index is 5.24. The molecule has 0 radical (unpaired) electrons. The molecule has 2 nitrogen and oxygen atoms in total. The summed E-state index contributed by atoms with van der Waals surface area (Å²) in [4.78, 5) is 0. The van der Waals surface area contributed by atoms with Gasteiger partial charge in [-0.05, 0) is 31.5 Å². The molecule has 0 aliphatic carbocycles. The summed E-state index contributed by atoms with van der Waals surface area (Å²) in [5.74, 6) is 1.01. The van der Waals surface area contributed by atoms with E-state index in [1.807, 2.05) is 19.1 Å². The Morgan fingerprint density at radius 1 is 1.12 bits per heavy atom. The van der Waals surface area contributed by atoms with Gasteiger partial charge in [0.25, 0.3) is 0 Å². The minimum absolute atomic E-state index is 0.884. The first-order chi connectivity index (χ1) is 7.86. The molecular formula is C14H17NO. The van der Waals surface area contributed by atoms with Gasteiger partial charge in [-0.2, -0.15) is 0 Å². The molecule has 1 N–H and O–H groups in total. The van der Waals surface area contributed by atoms with Crippen LogP contribution in [0.3, 0.4) is 0 Å². The third-order valence-electron chi connectivity index (χ3n) is 2.71. The molecule has 0 fully saturated rings. The van der Waals surface area contributed by atoms with Crippen molar-refractivity contribution < 1.29 is 4.42 Å². The summed E-state index contributed by atoms with van der Waals surface area (Å²) in [5, 5.41) is 3.42. The standard InChI is InChI=1S/C14H17NO/c1-12-14(8-10-16-12)11-15-9-7-13-5-3-2-4-6-13/h2-6,8,10,15H,7,9,11H2,1H3. The second kappa shape index (κ2) is 5.52. The molecule has 0 amide bonds. The minimum Gasteiger partial charge on any atom is -0.469 e. The Hall–Kier alpha value is -1.54. The van der Waals surface area contributed by atoms with Crippen LogP contribution in [0.1, 0.15) is 16.9 Å². The van der Waals surface area contributed by atoms with Gasteiger partial charge in [0.2, 0.25) is 0 Å². The molecule has 1 heterocycles. The maximum atomic E-state index is 5.24. The Morgan fingerprint density at radius 2 is 1.94 bits per heavy atom. The van der Waals surface area contributed by atoms with E-state index in [1.54, 1.807) is 6.26 Å². The van der Waals surface area contributed by atoms with E-state index in [-0.39, 0.29) is 0 Å². The highest BCUT2D eigenvalue weighted by Gasteiger charge is 1.99. The van der Waals surface area contributed by atoms with Crippen molar-refractivity contribution in [2.75, 3.05) is 6.54 Å². The highest BCUT2D eigenvalue weighted by atomic mass is 16.3. The molecular weight excluding hydrogens is 198 g/mol. The van der Waals surface area contributed by atoms with Crippen molar-refractivity contribution in [1.29, 1.82) is 0 Å². The third kappa shape index (κ3) is 2.97. The molecule has 0 aliphatic rings. The van der Waals surface area contributed by atoms with Crippen LogP contribution in [0.5, 0.6) is 0 Å². The summed E-state index contributed by atoms with van der Waals surface area (Å²) < 4.78 is 5.24. The summed E-state index contributed by atoms with van der Waals surface area (Å²) in [6.07, 6.45) is 2.81. The molecule has 1 aromatic carbocycles. The van der Waals surface area contributed by atoms with Crippen LogP contribution in [0.15, 0.2) is 47.1 Å². The molecule has 2 heteroatoms. The summed E-state index contributed by atoms with van der Waals surface area (Å²) >= 11 is 0. The zero-order valence-corrected chi connectivity index (χ0v) is 9.57. The molecule has 2 rings (SSSR count). The van der Waals surface area contributed by atoms with Crippen LogP contribution in [0, 0.1) is 6.92 Å². The van der Waals surface area contributed by atoms with E-state index >= 15 is 0 Å². The number of furan rings is 1. The Morgan fingerprint density at radius 3 is 2.62 bits per heavy atom. The molecule has 0 atom stereocenters. The average molecular weight is 215 g/mol. The van der Waals surface area contributed by atoms with E-state index in [0.717, 1.165) is 25.3 Å². The number of rotatable bonds is 5. The molecule has 0 saturated carbocycles. The van der Waals surface area contributed by atoms with Gasteiger partial charge in [-0.15, -0.1) is 0 Å². The first-order valence-corrected chi connectivity index (χ1v) is 5.64. The Bertz CT molecular complexity index is 419. The number of nitrogens with one attached hydrogen (secondary N) is 1. The van der Waals surface area contributed by atoms with Crippen LogP contribution in [0.25, 0.3) is 0 Å². The Balaban J connectivity index is 1.72. The summed E-state index contributed by atoms with van der Waals surface area (Å²) in [5.41, 5.74) is 2.62. The van der Waals surface area contributed by atoms with E-state index in [0.29, 0.717) is 0 Å². The van der Waals surface area contributed by atoms with Gasteiger partial charge in [-0.25, -0.2) is 0 Å². The number of aryl methyl sites for hydroxylation is 1. The third-order valence-corrected chi connectivity index (χ3v) is 2.71. The van der Waals surface area contributed by atoms with Crippen molar-refractivity contribution in [3.63, 3.8) is 0 Å². The van der Waals surface area contributed by atoms with E-state index in [1.165, 1.54) is 11.1 Å². The SMILES string of the molecule is Cc1occc1CNCCc1ccccc1. The zero-order valence-electron chi connectivity index (χ0n) is 9.57. The Labute approximate surface area is 96.3 Å². The highest BCUT2D eigenvalue weighted by Crippen LogP contribution is 2.07. The van der Waals surface area contributed by atoms with Crippen LogP contribution < -0.4 is 5.32 Å². The van der Waals surface area contributed by atoms with Gasteiger partial charge < -0.3 is 9.73 Å². The van der Waals surface area contributed by atoms with Gasteiger partial charge in [0.15, 0.2) is 0 Å². The van der Waals surface area contributed by atoms with Crippen molar-refractivity contribution >= 4 is 0 Å². The van der Waals surface area contributed by atoms with Gasteiger partial charge in [-0.1, -0.05) is 30.3 Å². The van der Waals surface area contributed by atoms with Gasteiger partial charge >= 0.3 is 0 Å². The van der Waals surface area contributed by atoms with Crippen molar-refractivity contribution in [2.45, 2.75) is 19.9 Å². The quantitative estimate of drug-likeness (QED) is 0.776. The molecule has 0 aliphatic heterocycles. The Kier molecular flexibility index (Phi) is 3.78. The smallest absolute Gasteiger partial charge is 0.105 e. The first kappa shape index (κ1) is 11.0. The molecule has 0 unspecified atom stereocenters. The summed E-state index contributed by atoms with van der Waals surface area (Å²) in [6.45, 7) is 3.87. The first-order valence-electron chi connectivity index (χ1n) is 5.64. The lowest BCUT2D eigenvalue weighted by Gasteiger charge is -2.03. The lowest BCUT2D eigenvalue weighted by molar-refractivity contribution is 0.526. The van der Waals surface area contributed by atoms with Crippen molar-refractivity contribution in [2.24, 2.45) is 0 Å². The fraction of sp³-hybridized carbons (Fsp3) is 0.286. The van der Waals surface area contributed by atoms with E-state index in [4.69, 9.17) is 4.42 Å². The topological polar surface area (TPSA) is 25.2 Å². The van der Waals surface area contributed by atoms with E-state index in [9.17, 15) is 0 Å². The van der Waals surface area contributed by atoms with Gasteiger partial charge in [0.1, 0.15) is 5.76 Å². The number of hydrogen-bond donors (Lipinski definition) is 1. The predicted octanol–water partition coefficient (Wildman–Crippen LogP) is 2.92. The van der Waals surface area contributed by atoms with Crippen molar-refractivity contribution in [3.8, 4) is 0 Å². The van der Waals surface area contributed by atoms with Gasteiger partial charge in [0.05, 0.1) is 6.26 Å². The molecule has 0 spiro atoms. The monoisotopic (exact) mass is 215 g/mol. The number of hydrogen-bond acceptors (Lipinski definition) is 2. The second-order valence-corrected chi connectivity index (χ2v) is 3.91. The van der Waals surface area contributed by atoms with Crippen LogP contribution in [0.2, 0.25) is 0 Å². The normalized spacial score (nSPS) is 10.6. The van der Waals surface area contributed by atoms with Crippen LogP contribution in [-0.4, -0.2) is 6.54 Å². The van der Waals surface area contributed by atoms with Crippen molar-refractivity contribution in [1.82, 2.24) is 5.32 Å². The molecule has 2 aromatic rings. The molecule has 84 valence electrons. The largest absolute Gasteiger partial charge is 0.469 e. The van der Waals surface area contributed by atoms with Gasteiger partial charge in [-0.3, -0.25) is 0 Å². The minimum atomic E-state index is 0.884. The highest BCUT2D eigenvalue weighted by molar-refractivity contribution is 5.16. The van der Waals surface area contributed by atoms with E-state index in [2.05, 4.69) is 29.6 Å². The second-order valence-electron chi connectivity index (χ2n) is 3.91. The summed E-state index contributed by atoms with van der Waals surface area (Å²) in [7, 11) is 0. The van der Waals surface area contributed by atoms with Crippen LogP contribution in [0.4, 0.5) is 0 Å². The fourth-order valence-electron chi connectivity index (χ4n) is 1.70. The lowest BCUT2D eigenvalue weighted by atomic mass is 10.1. The fourth-order valence-corrected chi connectivity index (χ4v) is 1.70. The molecule has 0 bridgehead atoms. The van der Waals surface area contributed by atoms with E-state index < -0.39 is 0 Å². The van der Waals surface area contributed by atoms with Crippen LogP contribution in [-0.2, 0) is 13.0 Å². The lowest BCUT2D eigenvalue weighted by Crippen LogP contribution is -2.16. The maximum Gasteiger partial charge on any atom is 0.105 e. The molecule has 16 heavy (non-hydrogen) atoms. The predicted molar refractivity (Wildman–Crippen MR) is 65.3 cm³/mol. The molecule has 0 saturated heterocycles. The van der Waals surface area contributed by atoms with Gasteiger partial charge in [0, 0.05) is 12.1 Å².